The number of Topliss-reactive ketones (excluding diaryl/α,β-unsaturated/α-hetero) is 1. The molecule has 0 heterocycles. The summed E-state index contributed by atoms with van der Waals surface area (Å²) in [6, 6.07) is 0. The molecule has 0 aliphatic heterocycles. The second-order valence-electron chi connectivity index (χ2n) is 3.38. The van der Waals surface area contributed by atoms with Gasteiger partial charge in [-0.05, 0) is 6.42 Å². The Morgan fingerprint density at radius 1 is 1.33 bits per heavy atom. The van der Waals surface area contributed by atoms with Crippen molar-refractivity contribution in [2.24, 2.45) is 5.92 Å². The molecule has 12 heavy (non-hydrogen) atoms. The van der Waals surface area contributed by atoms with E-state index in [1.165, 1.54) is 12.8 Å². The van der Waals surface area contributed by atoms with Crippen LogP contribution in [0.25, 0.3) is 0 Å². The van der Waals surface area contributed by atoms with Crippen molar-refractivity contribution in [3.63, 3.8) is 0 Å². The Hall–Kier alpha value is -0.370. The Balaban J connectivity index is 3.14. The maximum atomic E-state index is 11.1. The quantitative estimate of drug-likeness (QED) is 0.551. The number of unbranched alkanes of at least 4 members (excludes halogenated alkanes) is 2. The standard InChI is InChI=1S/C10H20O2/c1-4-5-6-7-12-8-10(11)9(2)3/h9H,4-8H2,1-3H3. The fourth-order valence-electron chi connectivity index (χ4n) is 0.794. The van der Waals surface area contributed by atoms with Crippen molar-refractivity contribution in [1.82, 2.24) is 0 Å². The van der Waals surface area contributed by atoms with Crippen LogP contribution in [0.5, 0.6) is 0 Å². The van der Waals surface area contributed by atoms with Crippen LogP contribution in [0.1, 0.15) is 40.0 Å². The molecule has 0 fully saturated rings. The molecule has 0 aromatic carbocycles. The molecule has 0 amide bonds. The smallest absolute Gasteiger partial charge is 0.160 e. The van der Waals surface area contributed by atoms with Crippen LogP contribution in [0, 0.1) is 5.92 Å². The SMILES string of the molecule is CCCCCOCC(=O)C(C)C. The predicted octanol–water partition coefficient (Wildman–Crippen LogP) is 2.42. The Kier molecular flexibility index (Phi) is 7.06. The monoisotopic (exact) mass is 172 g/mol. The van der Waals surface area contributed by atoms with Gasteiger partial charge < -0.3 is 4.74 Å². The van der Waals surface area contributed by atoms with Gasteiger partial charge in [0.25, 0.3) is 0 Å². The minimum absolute atomic E-state index is 0.108. The average molecular weight is 172 g/mol. The number of ketones is 1. The van der Waals surface area contributed by atoms with Crippen LogP contribution >= 0.6 is 0 Å². The number of carbonyl (C=O) groups excluding carboxylic acids is 1. The second kappa shape index (κ2) is 7.29. The summed E-state index contributed by atoms with van der Waals surface area (Å²) in [5, 5.41) is 0. The molecule has 2 nitrogen and oxygen atoms in total. The second-order valence-corrected chi connectivity index (χ2v) is 3.38. The summed E-state index contributed by atoms with van der Waals surface area (Å²) in [4.78, 5) is 11.1. The van der Waals surface area contributed by atoms with Crippen molar-refractivity contribution in [3.8, 4) is 0 Å². The van der Waals surface area contributed by atoms with Crippen molar-refractivity contribution in [3.05, 3.63) is 0 Å². The average Bonchev–Trinajstić information content (AvgIpc) is 2.03. The van der Waals surface area contributed by atoms with E-state index in [0.717, 1.165) is 13.0 Å². The van der Waals surface area contributed by atoms with Crippen molar-refractivity contribution in [2.45, 2.75) is 40.0 Å². The third-order valence-corrected chi connectivity index (χ3v) is 1.78. The first-order valence-electron chi connectivity index (χ1n) is 4.79. The zero-order valence-corrected chi connectivity index (χ0v) is 8.43. The predicted molar refractivity (Wildman–Crippen MR) is 50.2 cm³/mol. The van der Waals surface area contributed by atoms with E-state index < -0.39 is 0 Å². The van der Waals surface area contributed by atoms with Gasteiger partial charge in [0.1, 0.15) is 6.61 Å². The number of carbonyl (C=O) groups is 1. The van der Waals surface area contributed by atoms with Crippen LogP contribution < -0.4 is 0 Å². The van der Waals surface area contributed by atoms with E-state index in [9.17, 15) is 4.79 Å². The largest absolute Gasteiger partial charge is 0.374 e. The minimum atomic E-state index is 0.108. The van der Waals surface area contributed by atoms with Crippen molar-refractivity contribution in [1.29, 1.82) is 0 Å². The lowest BCUT2D eigenvalue weighted by atomic mass is 10.1. The maximum absolute atomic E-state index is 11.1. The van der Waals surface area contributed by atoms with E-state index in [2.05, 4.69) is 6.92 Å². The minimum Gasteiger partial charge on any atom is -0.374 e. The van der Waals surface area contributed by atoms with Gasteiger partial charge in [-0.15, -0.1) is 0 Å². The molecular weight excluding hydrogens is 152 g/mol. The first-order chi connectivity index (χ1) is 5.68. The molecule has 0 aliphatic rings. The van der Waals surface area contributed by atoms with Gasteiger partial charge in [0, 0.05) is 12.5 Å². The Morgan fingerprint density at radius 3 is 2.50 bits per heavy atom. The van der Waals surface area contributed by atoms with Crippen LogP contribution in [0.15, 0.2) is 0 Å². The van der Waals surface area contributed by atoms with E-state index in [-0.39, 0.29) is 11.7 Å². The van der Waals surface area contributed by atoms with E-state index in [0.29, 0.717) is 6.61 Å². The molecule has 0 rings (SSSR count). The third-order valence-electron chi connectivity index (χ3n) is 1.78. The highest BCUT2D eigenvalue weighted by atomic mass is 16.5. The van der Waals surface area contributed by atoms with E-state index >= 15 is 0 Å². The van der Waals surface area contributed by atoms with Crippen LogP contribution in [-0.2, 0) is 9.53 Å². The molecule has 0 aromatic heterocycles. The van der Waals surface area contributed by atoms with Gasteiger partial charge >= 0.3 is 0 Å². The van der Waals surface area contributed by atoms with Gasteiger partial charge in [-0.1, -0.05) is 33.6 Å². The summed E-state index contributed by atoms with van der Waals surface area (Å²) in [6.45, 7) is 6.97. The number of ether oxygens (including phenoxy) is 1. The first kappa shape index (κ1) is 11.6. The van der Waals surface area contributed by atoms with Crippen LogP contribution in [0.4, 0.5) is 0 Å². The highest BCUT2D eigenvalue weighted by molar-refractivity contribution is 5.81. The van der Waals surface area contributed by atoms with Crippen LogP contribution in [0.3, 0.4) is 0 Å². The molecule has 0 saturated carbocycles. The van der Waals surface area contributed by atoms with Gasteiger partial charge in [-0.3, -0.25) is 4.79 Å². The van der Waals surface area contributed by atoms with Crippen LogP contribution in [-0.4, -0.2) is 19.0 Å². The maximum Gasteiger partial charge on any atom is 0.160 e. The number of rotatable bonds is 7. The summed E-state index contributed by atoms with van der Waals surface area (Å²) in [5.41, 5.74) is 0. The zero-order valence-electron chi connectivity index (χ0n) is 8.43. The van der Waals surface area contributed by atoms with E-state index in [1.807, 2.05) is 13.8 Å². The van der Waals surface area contributed by atoms with Crippen molar-refractivity contribution >= 4 is 5.78 Å². The molecule has 0 N–H and O–H groups in total. The number of hydrogen-bond donors (Lipinski definition) is 0. The molecule has 0 radical (unpaired) electrons. The molecule has 0 aliphatic carbocycles. The molecule has 0 aromatic rings. The third kappa shape index (κ3) is 6.35. The summed E-state index contributed by atoms with van der Waals surface area (Å²) in [5.74, 6) is 0.308. The van der Waals surface area contributed by atoms with Gasteiger partial charge in [0.05, 0.1) is 0 Å². The highest BCUT2D eigenvalue weighted by Gasteiger charge is 2.05. The number of hydrogen-bond acceptors (Lipinski definition) is 2. The molecule has 2 heteroatoms. The summed E-state index contributed by atoms with van der Waals surface area (Å²) in [6.07, 6.45) is 3.46. The molecular formula is C10H20O2. The molecule has 0 saturated heterocycles. The van der Waals surface area contributed by atoms with Crippen LogP contribution in [0.2, 0.25) is 0 Å². The zero-order chi connectivity index (χ0) is 9.40. The summed E-state index contributed by atoms with van der Waals surface area (Å²) >= 11 is 0. The Morgan fingerprint density at radius 2 is 2.00 bits per heavy atom. The van der Waals surface area contributed by atoms with E-state index in [4.69, 9.17) is 4.74 Å². The molecule has 0 atom stereocenters. The normalized spacial score (nSPS) is 10.7. The fourth-order valence-corrected chi connectivity index (χ4v) is 0.794. The summed E-state index contributed by atoms with van der Waals surface area (Å²) in [7, 11) is 0. The Bertz CT molecular complexity index is 119. The lowest BCUT2D eigenvalue weighted by molar-refractivity contribution is -0.126. The Labute approximate surface area is 75.3 Å². The van der Waals surface area contributed by atoms with Crippen molar-refractivity contribution < 1.29 is 9.53 Å². The van der Waals surface area contributed by atoms with Gasteiger partial charge in [-0.2, -0.15) is 0 Å². The fraction of sp³-hybridized carbons (Fsp3) is 0.900. The first-order valence-corrected chi connectivity index (χ1v) is 4.79. The lowest BCUT2D eigenvalue weighted by Crippen LogP contribution is -2.15. The van der Waals surface area contributed by atoms with Gasteiger partial charge in [0.2, 0.25) is 0 Å². The summed E-state index contributed by atoms with van der Waals surface area (Å²) < 4.78 is 5.21. The molecule has 0 unspecified atom stereocenters. The van der Waals surface area contributed by atoms with E-state index in [1.54, 1.807) is 0 Å². The van der Waals surface area contributed by atoms with Crippen molar-refractivity contribution in [2.75, 3.05) is 13.2 Å². The van der Waals surface area contributed by atoms with Gasteiger partial charge in [-0.25, -0.2) is 0 Å². The lowest BCUT2D eigenvalue weighted by Gasteiger charge is -2.04. The molecule has 0 spiro atoms. The molecule has 72 valence electrons. The highest BCUT2D eigenvalue weighted by Crippen LogP contribution is 1.97. The molecule has 0 bridgehead atoms. The topological polar surface area (TPSA) is 26.3 Å². The van der Waals surface area contributed by atoms with Gasteiger partial charge in [0.15, 0.2) is 5.78 Å².